The van der Waals surface area contributed by atoms with Gasteiger partial charge in [-0.2, -0.15) is 5.10 Å². The first kappa shape index (κ1) is 20.4. The molecule has 7 nitrogen and oxygen atoms in total. The summed E-state index contributed by atoms with van der Waals surface area (Å²) in [5.74, 6) is 0.109. The molecule has 2 heterocycles. The van der Waals surface area contributed by atoms with Crippen molar-refractivity contribution in [2.24, 2.45) is 0 Å². The Bertz CT molecular complexity index is 1040. The number of nitrogens with zero attached hydrogens (tertiary/aromatic N) is 4. The molecule has 8 heteroatoms. The summed E-state index contributed by atoms with van der Waals surface area (Å²) in [4.78, 5) is 21.5. The van der Waals surface area contributed by atoms with E-state index in [2.05, 4.69) is 20.4 Å². The summed E-state index contributed by atoms with van der Waals surface area (Å²) in [7, 11) is 0. The molecule has 3 rings (SSSR count). The van der Waals surface area contributed by atoms with E-state index >= 15 is 0 Å². The zero-order valence-electron chi connectivity index (χ0n) is 17.2. The minimum absolute atomic E-state index is 0.116. The molecule has 152 valence electrons. The summed E-state index contributed by atoms with van der Waals surface area (Å²) >= 11 is 0. The molecular formula is C21H24FN5O2. The molecule has 0 atom stereocenters. The first-order valence-electron chi connectivity index (χ1n) is 9.38. The number of nitrogens with one attached hydrogen (secondary N) is 1. The van der Waals surface area contributed by atoms with Crippen LogP contribution in [0.25, 0.3) is 5.95 Å². The van der Waals surface area contributed by atoms with Gasteiger partial charge in [-0.3, -0.25) is 4.79 Å². The van der Waals surface area contributed by atoms with Crippen LogP contribution in [-0.4, -0.2) is 32.3 Å². The molecule has 1 amide bonds. The van der Waals surface area contributed by atoms with Crippen molar-refractivity contribution in [1.82, 2.24) is 19.7 Å². The van der Waals surface area contributed by atoms with Crippen LogP contribution in [0, 0.1) is 33.5 Å². The summed E-state index contributed by atoms with van der Waals surface area (Å²) in [5.41, 5.74) is 4.44. The Morgan fingerprint density at radius 3 is 2.48 bits per heavy atom. The van der Waals surface area contributed by atoms with E-state index in [-0.39, 0.29) is 12.3 Å². The predicted molar refractivity (Wildman–Crippen MR) is 108 cm³/mol. The molecule has 0 radical (unpaired) electrons. The third kappa shape index (κ3) is 4.59. The van der Waals surface area contributed by atoms with Crippen molar-refractivity contribution in [3.05, 3.63) is 58.4 Å². The van der Waals surface area contributed by atoms with Crippen LogP contribution in [0.4, 0.5) is 10.1 Å². The Morgan fingerprint density at radius 1 is 1.14 bits per heavy atom. The minimum atomic E-state index is -0.423. The van der Waals surface area contributed by atoms with E-state index in [9.17, 15) is 9.18 Å². The maximum absolute atomic E-state index is 13.5. The largest absolute Gasteiger partial charge is 0.492 e. The number of ether oxygens (including phenoxy) is 1. The van der Waals surface area contributed by atoms with E-state index in [1.165, 1.54) is 18.2 Å². The quantitative estimate of drug-likeness (QED) is 0.687. The van der Waals surface area contributed by atoms with E-state index in [4.69, 9.17) is 4.74 Å². The zero-order chi connectivity index (χ0) is 21.1. The SMILES string of the molecule is CCOc1cc(F)ccc1NC(=O)Cc1c(C)nn(-c2nc(C)cc(C)n2)c1C. The van der Waals surface area contributed by atoms with Gasteiger partial charge in [0.2, 0.25) is 5.91 Å². The van der Waals surface area contributed by atoms with Crippen LogP contribution in [0.3, 0.4) is 0 Å². The van der Waals surface area contributed by atoms with Crippen LogP contribution >= 0.6 is 0 Å². The van der Waals surface area contributed by atoms with Gasteiger partial charge in [-0.25, -0.2) is 19.0 Å². The van der Waals surface area contributed by atoms with Crippen molar-refractivity contribution in [3.8, 4) is 11.7 Å². The Balaban J connectivity index is 1.84. The smallest absolute Gasteiger partial charge is 0.251 e. The Hall–Kier alpha value is -3.29. The minimum Gasteiger partial charge on any atom is -0.492 e. The summed E-state index contributed by atoms with van der Waals surface area (Å²) in [6.07, 6.45) is 0.116. The average Bonchev–Trinajstić information content (AvgIpc) is 2.91. The lowest BCUT2D eigenvalue weighted by atomic mass is 10.1. The van der Waals surface area contributed by atoms with E-state index in [0.717, 1.165) is 28.3 Å². The first-order chi connectivity index (χ1) is 13.8. The van der Waals surface area contributed by atoms with Gasteiger partial charge in [0.05, 0.1) is 24.4 Å². The molecule has 0 fully saturated rings. The molecule has 0 unspecified atom stereocenters. The average molecular weight is 397 g/mol. The molecule has 29 heavy (non-hydrogen) atoms. The van der Waals surface area contributed by atoms with Gasteiger partial charge < -0.3 is 10.1 Å². The fraction of sp³-hybridized carbons (Fsp3) is 0.333. The molecule has 1 aromatic carbocycles. The van der Waals surface area contributed by atoms with E-state index < -0.39 is 5.82 Å². The summed E-state index contributed by atoms with van der Waals surface area (Å²) < 4.78 is 20.5. The molecule has 0 saturated heterocycles. The normalized spacial score (nSPS) is 10.8. The molecule has 3 aromatic rings. The lowest BCUT2D eigenvalue weighted by Gasteiger charge is -2.12. The van der Waals surface area contributed by atoms with Gasteiger partial charge >= 0.3 is 0 Å². The number of halogens is 1. The maximum Gasteiger partial charge on any atom is 0.251 e. The second kappa shape index (κ2) is 8.38. The number of rotatable bonds is 6. The summed E-state index contributed by atoms with van der Waals surface area (Å²) in [6, 6.07) is 5.92. The lowest BCUT2D eigenvalue weighted by molar-refractivity contribution is -0.115. The molecule has 0 aliphatic carbocycles. The number of aromatic nitrogens is 4. The molecule has 0 aliphatic heterocycles. The van der Waals surface area contributed by atoms with Crippen LogP contribution in [0.2, 0.25) is 0 Å². The van der Waals surface area contributed by atoms with Crippen molar-refractivity contribution in [1.29, 1.82) is 0 Å². The molecule has 0 aliphatic rings. The number of amides is 1. The predicted octanol–water partition coefficient (Wildman–Crippen LogP) is 3.61. The highest BCUT2D eigenvalue weighted by Crippen LogP contribution is 2.26. The zero-order valence-corrected chi connectivity index (χ0v) is 17.2. The van der Waals surface area contributed by atoms with Gasteiger partial charge in [-0.15, -0.1) is 0 Å². The van der Waals surface area contributed by atoms with E-state index in [1.807, 2.05) is 33.8 Å². The first-order valence-corrected chi connectivity index (χ1v) is 9.38. The number of hydrogen-bond acceptors (Lipinski definition) is 5. The van der Waals surface area contributed by atoms with E-state index in [1.54, 1.807) is 11.6 Å². The van der Waals surface area contributed by atoms with Gasteiger partial charge in [0.1, 0.15) is 11.6 Å². The van der Waals surface area contributed by atoms with Crippen molar-refractivity contribution in [3.63, 3.8) is 0 Å². The van der Waals surface area contributed by atoms with Gasteiger partial charge in [-0.1, -0.05) is 0 Å². The molecule has 1 N–H and O–H groups in total. The van der Waals surface area contributed by atoms with Crippen LogP contribution in [0.5, 0.6) is 5.75 Å². The Kier molecular flexibility index (Phi) is 5.91. The maximum atomic E-state index is 13.5. The standard InChI is InChI=1S/C21H24FN5O2/c1-6-29-19-10-16(22)7-8-18(19)25-20(28)11-17-14(4)26-27(15(17)5)21-23-12(2)9-13(3)24-21/h7-10H,6,11H2,1-5H3,(H,25,28). The van der Waals surface area contributed by atoms with Gasteiger partial charge in [0, 0.05) is 28.7 Å². The van der Waals surface area contributed by atoms with Gasteiger partial charge in [0.15, 0.2) is 0 Å². The number of hydrogen-bond donors (Lipinski definition) is 1. The summed E-state index contributed by atoms with van der Waals surface area (Å²) in [6.45, 7) is 9.69. The molecule has 2 aromatic heterocycles. The molecule has 0 bridgehead atoms. The van der Waals surface area contributed by atoms with Gasteiger partial charge in [0.25, 0.3) is 5.95 Å². The number of benzene rings is 1. The fourth-order valence-corrected chi connectivity index (χ4v) is 3.16. The third-order valence-corrected chi connectivity index (χ3v) is 4.46. The Labute approximate surface area is 169 Å². The Morgan fingerprint density at radius 2 is 1.83 bits per heavy atom. The van der Waals surface area contributed by atoms with Crippen LogP contribution in [0.1, 0.15) is 35.3 Å². The number of aryl methyl sites for hydroxylation is 3. The number of carbonyl (C=O) groups is 1. The number of anilines is 1. The third-order valence-electron chi connectivity index (χ3n) is 4.46. The topological polar surface area (TPSA) is 81.9 Å². The highest BCUT2D eigenvalue weighted by molar-refractivity contribution is 5.94. The van der Waals surface area contributed by atoms with Crippen molar-refractivity contribution < 1.29 is 13.9 Å². The fourth-order valence-electron chi connectivity index (χ4n) is 3.16. The molecule has 0 spiro atoms. The number of carbonyl (C=O) groups excluding carboxylic acids is 1. The second-order valence-electron chi connectivity index (χ2n) is 6.81. The van der Waals surface area contributed by atoms with Crippen molar-refractivity contribution in [2.75, 3.05) is 11.9 Å². The van der Waals surface area contributed by atoms with Crippen LogP contribution < -0.4 is 10.1 Å². The highest BCUT2D eigenvalue weighted by Gasteiger charge is 2.18. The van der Waals surface area contributed by atoms with Crippen LogP contribution in [0.15, 0.2) is 24.3 Å². The second-order valence-corrected chi connectivity index (χ2v) is 6.81. The van der Waals surface area contributed by atoms with Gasteiger partial charge in [-0.05, 0) is 52.8 Å². The highest BCUT2D eigenvalue weighted by atomic mass is 19.1. The lowest BCUT2D eigenvalue weighted by Crippen LogP contribution is -2.16. The van der Waals surface area contributed by atoms with Crippen LogP contribution in [-0.2, 0) is 11.2 Å². The molecular weight excluding hydrogens is 373 g/mol. The monoisotopic (exact) mass is 397 g/mol. The van der Waals surface area contributed by atoms with Crippen molar-refractivity contribution >= 4 is 11.6 Å². The summed E-state index contributed by atoms with van der Waals surface area (Å²) in [5, 5.41) is 7.31. The molecule has 0 saturated carbocycles. The van der Waals surface area contributed by atoms with E-state index in [0.29, 0.717) is 24.0 Å². The van der Waals surface area contributed by atoms with Crippen molar-refractivity contribution in [2.45, 2.75) is 41.0 Å².